The van der Waals surface area contributed by atoms with Gasteiger partial charge in [0.2, 0.25) is 0 Å². The molecule has 0 radical (unpaired) electrons. The van der Waals surface area contributed by atoms with E-state index >= 15 is 0 Å². The molecule has 0 saturated heterocycles. The van der Waals surface area contributed by atoms with Crippen LogP contribution in [0.25, 0.3) is 0 Å². The maximum Gasteiger partial charge on any atom is 0.481 e. The third-order valence-corrected chi connectivity index (χ3v) is 1.86. The van der Waals surface area contributed by atoms with Gasteiger partial charge in [0.15, 0.2) is 11.5 Å². The standard InChI is InChI=1S/C9H15N3O4/c1-6(7(2)13)10-16-9(14-5)12-11-8(3,4)15-9/h1-5H3/b10-6+. The number of hydrogen-bond donors (Lipinski definition) is 0. The van der Waals surface area contributed by atoms with Crippen molar-refractivity contribution in [2.45, 2.75) is 39.5 Å². The first-order valence-corrected chi connectivity index (χ1v) is 4.73. The first-order chi connectivity index (χ1) is 7.30. The molecule has 16 heavy (non-hydrogen) atoms. The summed E-state index contributed by atoms with van der Waals surface area (Å²) >= 11 is 0. The zero-order valence-corrected chi connectivity index (χ0v) is 9.97. The molecule has 0 amide bonds. The molecule has 0 aromatic carbocycles. The predicted octanol–water partition coefficient (Wildman–Crippen LogP) is 1.44. The monoisotopic (exact) mass is 229 g/mol. The van der Waals surface area contributed by atoms with Gasteiger partial charge in [0.05, 0.1) is 0 Å². The van der Waals surface area contributed by atoms with Crippen LogP contribution >= 0.6 is 0 Å². The zero-order valence-electron chi connectivity index (χ0n) is 9.97. The minimum absolute atomic E-state index is 0.194. The van der Waals surface area contributed by atoms with Crippen molar-refractivity contribution < 1.29 is 19.1 Å². The van der Waals surface area contributed by atoms with E-state index in [1.165, 1.54) is 21.0 Å². The van der Waals surface area contributed by atoms with Crippen molar-refractivity contribution in [3.8, 4) is 0 Å². The number of methoxy groups -OCH3 is 1. The van der Waals surface area contributed by atoms with Crippen molar-refractivity contribution in [1.29, 1.82) is 0 Å². The Morgan fingerprint density at radius 2 is 1.94 bits per heavy atom. The smallest absolute Gasteiger partial charge is 0.308 e. The summed E-state index contributed by atoms with van der Waals surface area (Å²) in [5, 5.41) is 11.1. The van der Waals surface area contributed by atoms with Gasteiger partial charge in [-0.05, 0) is 20.8 Å². The largest absolute Gasteiger partial charge is 0.481 e. The molecule has 0 aromatic rings. The molecule has 0 N–H and O–H groups in total. The average Bonchev–Trinajstić information content (AvgIpc) is 2.52. The van der Waals surface area contributed by atoms with Crippen LogP contribution in [0.5, 0.6) is 0 Å². The maximum absolute atomic E-state index is 10.9. The molecule has 0 saturated carbocycles. The Morgan fingerprint density at radius 3 is 2.31 bits per heavy atom. The maximum atomic E-state index is 10.9. The fraction of sp³-hybridized carbons (Fsp3) is 0.778. The lowest BCUT2D eigenvalue weighted by Gasteiger charge is -2.22. The molecule has 90 valence electrons. The highest BCUT2D eigenvalue weighted by molar-refractivity contribution is 6.37. The van der Waals surface area contributed by atoms with Crippen molar-refractivity contribution in [2.24, 2.45) is 15.4 Å². The second-order valence-corrected chi connectivity index (χ2v) is 3.80. The number of azo groups is 1. The molecule has 7 nitrogen and oxygen atoms in total. The lowest BCUT2D eigenvalue weighted by atomic mass is 10.3. The van der Waals surface area contributed by atoms with E-state index in [9.17, 15) is 4.79 Å². The minimum atomic E-state index is -1.69. The Labute approximate surface area is 93.5 Å². The highest BCUT2D eigenvalue weighted by Crippen LogP contribution is 2.33. The minimum Gasteiger partial charge on any atom is -0.308 e. The molecule has 1 heterocycles. The van der Waals surface area contributed by atoms with Gasteiger partial charge >= 0.3 is 6.10 Å². The topological polar surface area (TPSA) is 81.8 Å². The molecule has 7 heteroatoms. The molecular weight excluding hydrogens is 214 g/mol. The van der Waals surface area contributed by atoms with Crippen LogP contribution in [0.2, 0.25) is 0 Å². The summed E-state index contributed by atoms with van der Waals surface area (Å²) in [5.41, 5.74) is -0.643. The van der Waals surface area contributed by atoms with Gasteiger partial charge in [-0.25, -0.2) is 0 Å². The lowest BCUT2D eigenvalue weighted by molar-refractivity contribution is -0.376. The van der Waals surface area contributed by atoms with E-state index in [0.29, 0.717) is 0 Å². The van der Waals surface area contributed by atoms with E-state index in [-0.39, 0.29) is 11.5 Å². The van der Waals surface area contributed by atoms with E-state index in [0.717, 1.165) is 0 Å². The zero-order chi connectivity index (χ0) is 12.4. The molecule has 1 aliphatic rings. The van der Waals surface area contributed by atoms with Crippen LogP contribution in [0.15, 0.2) is 15.4 Å². The third-order valence-electron chi connectivity index (χ3n) is 1.86. The van der Waals surface area contributed by atoms with Crippen LogP contribution in [0.3, 0.4) is 0 Å². The summed E-state index contributed by atoms with van der Waals surface area (Å²) in [4.78, 5) is 15.9. The number of Topliss-reactive ketones (excluding diaryl/α,β-unsaturated/α-hetero) is 1. The fourth-order valence-electron chi connectivity index (χ4n) is 0.885. The van der Waals surface area contributed by atoms with E-state index in [2.05, 4.69) is 15.4 Å². The Morgan fingerprint density at radius 1 is 1.31 bits per heavy atom. The second-order valence-electron chi connectivity index (χ2n) is 3.80. The Bertz CT molecular complexity index is 351. The highest BCUT2D eigenvalue weighted by atomic mass is 16.9. The van der Waals surface area contributed by atoms with Crippen molar-refractivity contribution in [3.05, 3.63) is 0 Å². The van der Waals surface area contributed by atoms with Crippen molar-refractivity contribution in [2.75, 3.05) is 7.11 Å². The molecule has 0 bridgehead atoms. The van der Waals surface area contributed by atoms with Crippen LogP contribution in [-0.2, 0) is 19.1 Å². The van der Waals surface area contributed by atoms with Crippen LogP contribution in [-0.4, -0.2) is 30.4 Å². The normalized spacial score (nSPS) is 28.2. The third kappa shape index (κ3) is 2.83. The molecule has 1 atom stereocenters. The number of ketones is 1. The molecule has 1 unspecified atom stereocenters. The average molecular weight is 229 g/mol. The number of rotatable bonds is 4. The van der Waals surface area contributed by atoms with Gasteiger partial charge in [0.1, 0.15) is 5.71 Å². The van der Waals surface area contributed by atoms with E-state index in [1.807, 2.05) is 0 Å². The van der Waals surface area contributed by atoms with Crippen LogP contribution < -0.4 is 0 Å². The first-order valence-electron chi connectivity index (χ1n) is 4.73. The molecular formula is C9H15N3O4. The second kappa shape index (κ2) is 4.26. The van der Waals surface area contributed by atoms with Crippen molar-refractivity contribution in [1.82, 2.24) is 0 Å². The summed E-state index contributed by atoms with van der Waals surface area (Å²) in [7, 11) is 1.35. The number of nitrogens with zero attached hydrogens (tertiary/aromatic N) is 3. The Hall–Kier alpha value is -1.34. The number of oxime groups is 1. The van der Waals surface area contributed by atoms with Crippen LogP contribution in [0, 0.1) is 0 Å². The fourth-order valence-corrected chi connectivity index (χ4v) is 0.885. The van der Waals surface area contributed by atoms with Gasteiger partial charge in [-0.3, -0.25) is 14.3 Å². The number of carbonyl (C=O) groups excluding carboxylic acids is 1. The number of ether oxygens (including phenoxy) is 2. The first kappa shape index (κ1) is 12.7. The van der Waals surface area contributed by atoms with Crippen LogP contribution in [0.4, 0.5) is 0 Å². The van der Waals surface area contributed by atoms with Crippen molar-refractivity contribution >= 4 is 11.5 Å². The highest BCUT2D eigenvalue weighted by Gasteiger charge is 2.47. The summed E-state index contributed by atoms with van der Waals surface area (Å²) < 4.78 is 10.3. The van der Waals surface area contributed by atoms with E-state index in [1.54, 1.807) is 13.8 Å². The predicted molar refractivity (Wildman–Crippen MR) is 54.6 cm³/mol. The quantitative estimate of drug-likeness (QED) is 0.415. The Kier molecular flexibility index (Phi) is 3.39. The summed E-state index contributed by atoms with van der Waals surface area (Å²) in [5.74, 6) is -0.208. The van der Waals surface area contributed by atoms with Gasteiger partial charge in [-0.2, -0.15) is 0 Å². The van der Waals surface area contributed by atoms with Gasteiger partial charge in [-0.1, -0.05) is 10.3 Å². The van der Waals surface area contributed by atoms with E-state index < -0.39 is 11.8 Å². The summed E-state index contributed by atoms with van der Waals surface area (Å²) in [6, 6.07) is 0. The SMILES string of the molecule is COC1(O/N=C(\C)C(C)=O)N=NC(C)(C)O1. The van der Waals surface area contributed by atoms with Crippen molar-refractivity contribution in [3.63, 3.8) is 0 Å². The summed E-state index contributed by atoms with van der Waals surface area (Å²) in [6.45, 7) is 6.29. The molecule has 1 rings (SSSR count). The number of hydrogen-bond acceptors (Lipinski definition) is 7. The molecule has 0 fully saturated rings. The van der Waals surface area contributed by atoms with Gasteiger partial charge in [0, 0.05) is 14.0 Å². The van der Waals surface area contributed by atoms with Gasteiger partial charge < -0.3 is 4.84 Å². The molecule has 0 aromatic heterocycles. The van der Waals surface area contributed by atoms with Gasteiger partial charge in [-0.15, -0.1) is 5.11 Å². The van der Waals surface area contributed by atoms with Crippen LogP contribution in [0.1, 0.15) is 27.7 Å². The molecule has 0 aliphatic carbocycles. The molecule has 0 spiro atoms. The Balaban J connectivity index is 2.75. The summed E-state index contributed by atoms with van der Waals surface area (Å²) in [6.07, 6.45) is -1.69. The van der Waals surface area contributed by atoms with Gasteiger partial charge in [0.25, 0.3) is 0 Å². The lowest BCUT2D eigenvalue weighted by Crippen LogP contribution is -2.36. The number of carbonyl (C=O) groups is 1. The van der Waals surface area contributed by atoms with E-state index in [4.69, 9.17) is 14.3 Å². The molecule has 1 aliphatic heterocycles.